The first-order valence-corrected chi connectivity index (χ1v) is 9.77. The number of anilines is 3. The molecule has 8 heteroatoms. The van der Waals surface area contributed by atoms with Gasteiger partial charge in [-0.25, -0.2) is 8.42 Å². The molecular weight excluding hydrogens is 354 g/mol. The molecule has 1 fully saturated rings. The van der Waals surface area contributed by atoms with Crippen molar-refractivity contribution in [3.8, 4) is 0 Å². The van der Waals surface area contributed by atoms with Crippen molar-refractivity contribution in [3.63, 3.8) is 0 Å². The van der Waals surface area contributed by atoms with Crippen LogP contribution in [-0.2, 0) is 26.0 Å². The predicted octanol–water partition coefficient (Wildman–Crippen LogP) is 2.11. The van der Waals surface area contributed by atoms with E-state index in [4.69, 9.17) is 0 Å². The Hall–Kier alpha value is -2.87. The monoisotopic (exact) mass is 371 g/mol. The number of hydrogen-bond donors (Lipinski definition) is 2. The molecule has 0 saturated carbocycles. The minimum Gasteiger partial charge on any atom is -0.326 e. The van der Waals surface area contributed by atoms with E-state index < -0.39 is 10.0 Å². The van der Waals surface area contributed by atoms with Crippen molar-refractivity contribution in [2.45, 2.75) is 24.2 Å². The lowest BCUT2D eigenvalue weighted by Crippen LogP contribution is -2.23. The summed E-state index contributed by atoms with van der Waals surface area (Å²) >= 11 is 0. The molecule has 0 unspecified atom stereocenters. The van der Waals surface area contributed by atoms with E-state index in [2.05, 4.69) is 10.0 Å². The van der Waals surface area contributed by atoms with Gasteiger partial charge in [-0.2, -0.15) is 0 Å². The Morgan fingerprint density at radius 3 is 2.50 bits per heavy atom. The molecule has 26 heavy (non-hydrogen) atoms. The number of fused-ring (bicyclic) bond motifs is 1. The first-order chi connectivity index (χ1) is 12.4. The van der Waals surface area contributed by atoms with E-state index in [1.54, 1.807) is 35.2 Å². The molecule has 0 aliphatic carbocycles. The summed E-state index contributed by atoms with van der Waals surface area (Å²) < 4.78 is 27.7. The van der Waals surface area contributed by atoms with Crippen LogP contribution in [0.2, 0.25) is 0 Å². The van der Waals surface area contributed by atoms with E-state index in [0.717, 1.165) is 12.0 Å². The number of amides is 2. The number of nitrogens with one attached hydrogen (secondary N) is 2. The smallest absolute Gasteiger partial charge is 0.261 e. The van der Waals surface area contributed by atoms with Gasteiger partial charge < -0.3 is 10.2 Å². The Morgan fingerprint density at radius 1 is 1.04 bits per heavy atom. The Labute approximate surface area is 151 Å². The Bertz CT molecular complexity index is 1000. The van der Waals surface area contributed by atoms with E-state index in [1.165, 1.54) is 12.1 Å². The predicted molar refractivity (Wildman–Crippen MR) is 97.6 cm³/mol. The van der Waals surface area contributed by atoms with Crippen LogP contribution < -0.4 is 14.9 Å². The number of nitrogens with zero attached hydrogens (tertiary/aromatic N) is 1. The SMILES string of the molecule is O=C1Cc2cc(NS(=O)(=O)c3ccc(N4CCCC4=O)cc3)ccc2N1. The summed E-state index contributed by atoms with van der Waals surface area (Å²) in [6.45, 7) is 0.658. The summed E-state index contributed by atoms with van der Waals surface area (Å²) in [7, 11) is -3.76. The second kappa shape index (κ2) is 6.14. The van der Waals surface area contributed by atoms with E-state index in [-0.39, 0.29) is 23.1 Å². The lowest BCUT2D eigenvalue weighted by molar-refractivity contribution is -0.117. The molecule has 2 aliphatic rings. The van der Waals surface area contributed by atoms with Gasteiger partial charge in [-0.15, -0.1) is 0 Å². The van der Waals surface area contributed by atoms with E-state index in [9.17, 15) is 18.0 Å². The molecule has 0 aromatic heterocycles. The van der Waals surface area contributed by atoms with Crippen LogP contribution in [0.4, 0.5) is 17.1 Å². The van der Waals surface area contributed by atoms with Crippen LogP contribution in [0.15, 0.2) is 47.4 Å². The number of carbonyl (C=O) groups excluding carboxylic acids is 2. The molecule has 0 atom stereocenters. The molecule has 7 nitrogen and oxygen atoms in total. The van der Waals surface area contributed by atoms with Crippen molar-refractivity contribution in [1.29, 1.82) is 0 Å². The quantitative estimate of drug-likeness (QED) is 0.860. The van der Waals surface area contributed by atoms with Gasteiger partial charge in [0, 0.05) is 30.0 Å². The fourth-order valence-corrected chi connectivity index (χ4v) is 4.28. The molecule has 2 heterocycles. The maximum atomic E-state index is 12.6. The van der Waals surface area contributed by atoms with Gasteiger partial charge in [-0.1, -0.05) is 0 Å². The number of benzene rings is 2. The number of hydrogen-bond acceptors (Lipinski definition) is 4. The first-order valence-electron chi connectivity index (χ1n) is 8.28. The van der Waals surface area contributed by atoms with Gasteiger partial charge in [0.05, 0.1) is 11.3 Å². The fraction of sp³-hybridized carbons (Fsp3) is 0.222. The van der Waals surface area contributed by atoms with Crippen molar-refractivity contribution in [2.24, 2.45) is 0 Å². The Kier molecular flexibility index (Phi) is 3.91. The van der Waals surface area contributed by atoms with Crippen LogP contribution in [0.1, 0.15) is 18.4 Å². The third-order valence-electron chi connectivity index (χ3n) is 4.51. The lowest BCUT2D eigenvalue weighted by Gasteiger charge is -2.16. The van der Waals surface area contributed by atoms with Crippen LogP contribution >= 0.6 is 0 Å². The number of carbonyl (C=O) groups is 2. The van der Waals surface area contributed by atoms with Crippen LogP contribution in [0, 0.1) is 0 Å². The van der Waals surface area contributed by atoms with Gasteiger partial charge in [0.2, 0.25) is 11.8 Å². The van der Waals surface area contributed by atoms with Crippen molar-refractivity contribution in [2.75, 3.05) is 21.5 Å². The molecule has 2 aromatic carbocycles. The molecule has 134 valence electrons. The molecule has 4 rings (SSSR count). The molecule has 2 aliphatic heterocycles. The average Bonchev–Trinajstić information content (AvgIpc) is 3.19. The second-order valence-corrected chi connectivity index (χ2v) is 8.03. The van der Waals surface area contributed by atoms with Gasteiger partial charge in [-0.3, -0.25) is 14.3 Å². The van der Waals surface area contributed by atoms with Gasteiger partial charge in [0.25, 0.3) is 10.0 Å². The molecule has 0 bridgehead atoms. The van der Waals surface area contributed by atoms with Crippen molar-refractivity contribution < 1.29 is 18.0 Å². The van der Waals surface area contributed by atoms with Crippen LogP contribution in [-0.4, -0.2) is 26.8 Å². The van der Waals surface area contributed by atoms with Gasteiger partial charge in [-0.05, 0) is 54.4 Å². The fourth-order valence-electron chi connectivity index (χ4n) is 3.23. The normalized spacial score (nSPS) is 16.5. The largest absolute Gasteiger partial charge is 0.326 e. The summed E-state index contributed by atoms with van der Waals surface area (Å²) in [6, 6.07) is 11.2. The molecule has 0 spiro atoms. The third-order valence-corrected chi connectivity index (χ3v) is 5.91. The Morgan fingerprint density at radius 2 is 1.81 bits per heavy atom. The molecule has 2 N–H and O–H groups in total. The minimum atomic E-state index is -3.76. The standard InChI is InChI=1S/C18H17N3O4S/c22-17-11-12-10-13(3-8-16(12)19-17)20-26(24,25)15-6-4-14(5-7-15)21-9-1-2-18(21)23/h3-8,10,20H,1-2,9,11H2,(H,19,22). The third kappa shape index (κ3) is 3.03. The van der Waals surface area contributed by atoms with E-state index in [1.807, 2.05) is 0 Å². The van der Waals surface area contributed by atoms with Crippen LogP contribution in [0.3, 0.4) is 0 Å². The van der Waals surface area contributed by atoms with E-state index in [0.29, 0.717) is 30.0 Å². The first kappa shape index (κ1) is 16.6. The highest BCUT2D eigenvalue weighted by Crippen LogP contribution is 2.28. The maximum Gasteiger partial charge on any atom is 0.261 e. The van der Waals surface area contributed by atoms with Gasteiger partial charge >= 0.3 is 0 Å². The van der Waals surface area contributed by atoms with Crippen molar-refractivity contribution in [1.82, 2.24) is 0 Å². The highest BCUT2D eigenvalue weighted by atomic mass is 32.2. The van der Waals surface area contributed by atoms with Crippen molar-refractivity contribution in [3.05, 3.63) is 48.0 Å². The Balaban J connectivity index is 1.54. The van der Waals surface area contributed by atoms with Gasteiger partial charge in [0.1, 0.15) is 0 Å². The molecule has 0 radical (unpaired) electrons. The summed E-state index contributed by atoms with van der Waals surface area (Å²) in [6.07, 6.45) is 1.58. The summed E-state index contributed by atoms with van der Waals surface area (Å²) in [5, 5.41) is 2.71. The van der Waals surface area contributed by atoms with E-state index >= 15 is 0 Å². The summed E-state index contributed by atoms with van der Waals surface area (Å²) in [5.74, 6) is -0.0490. The zero-order chi connectivity index (χ0) is 18.3. The number of rotatable bonds is 4. The summed E-state index contributed by atoms with van der Waals surface area (Å²) in [4.78, 5) is 25.0. The molecular formula is C18H17N3O4S. The zero-order valence-electron chi connectivity index (χ0n) is 13.9. The topological polar surface area (TPSA) is 95.6 Å². The summed E-state index contributed by atoms with van der Waals surface area (Å²) in [5.41, 5.74) is 2.57. The number of sulfonamides is 1. The van der Waals surface area contributed by atoms with Crippen LogP contribution in [0.5, 0.6) is 0 Å². The average molecular weight is 371 g/mol. The minimum absolute atomic E-state index is 0.0556. The molecule has 2 aromatic rings. The highest BCUT2D eigenvalue weighted by molar-refractivity contribution is 7.92. The zero-order valence-corrected chi connectivity index (χ0v) is 14.7. The maximum absolute atomic E-state index is 12.6. The van der Waals surface area contributed by atoms with Crippen LogP contribution in [0.25, 0.3) is 0 Å². The van der Waals surface area contributed by atoms with Crippen molar-refractivity contribution >= 4 is 38.9 Å². The highest BCUT2D eigenvalue weighted by Gasteiger charge is 2.23. The molecule has 2 amide bonds. The lowest BCUT2D eigenvalue weighted by atomic mass is 10.1. The molecule has 1 saturated heterocycles. The van der Waals surface area contributed by atoms with Gasteiger partial charge in [0.15, 0.2) is 0 Å². The second-order valence-electron chi connectivity index (χ2n) is 6.35.